The van der Waals surface area contributed by atoms with E-state index in [9.17, 15) is 18.0 Å². The van der Waals surface area contributed by atoms with Crippen LogP contribution >= 0.6 is 0 Å². The van der Waals surface area contributed by atoms with Crippen molar-refractivity contribution < 1.29 is 22.7 Å². The van der Waals surface area contributed by atoms with Crippen LogP contribution in [0, 0.1) is 0 Å². The summed E-state index contributed by atoms with van der Waals surface area (Å²) in [5, 5.41) is 0. The van der Waals surface area contributed by atoms with Gasteiger partial charge in [0.15, 0.2) is 0 Å². The second-order valence-electron chi connectivity index (χ2n) is 2.34. The molecular formula is C7H10F3NO2. The van der Waals surface area contributed by atoms with Crippen molar-refractivity contribution in [3.05, 3.63) is 12.7 Å². The fraction of sp³-hybridized carbons (Fsp3) is 0.571. The van der Waals surface area contributed by atoms with E-state index in [-0.39, 0.29) is 6.61 Å². The largest absolute Gasteiger partial charge is 0.460 e. The fourth-order valence-electron chi connectivity index (χ4n) is 0.581. The van der Waals surface area contributed by atoms with Gasteiger partial charge in [-0.1, -0.05) is 12.7 Å². The molecule has 0 spiro atoms. The second-order valence-corrected chi connectivity index (χ2v) is 2.34. The van der Waals surface area contributed by atoms with Crippen LogP contribution in [-0.4, -0.2) is 24.8 Å². The summed E-state index contributed by atoms with van der Waals surface area (Å²) in [5.74, 6) is -1.07. The molecule has 13 heavy (non-hydrogen) atoms. The molecule has 0 aromatic carbocycles. The minimum Gasteiger partial charge on any atom is -0.460 e. The Balaban J connectivity index is 3.89. The molecule has 0 amide bonds. The Kier molecular flexibility index (Phi) is 4.47. The summed E-state index contributed by atoms with van der Waals surface area (Å²) in [6.07, 6.45) is -4.58. The molecule has 0 saturated carbocycles. The number of halogens is 3. The van der Waals surface area contributed by atoms with Crippen LogP contribution in [0.15, 0.2) is 12.7 Å². The number of alkyl halides is 3. The van der Waals surface area contributed by atoms with Gasteiger partial charge in [-0.2, -0.15) is 13.2 Å². The third kappa shape index (κ3) is 6.15. The van der Waals surface area contributed by atoms with Crippen LogP contribution in [0.3, 0.4) is 0 Å². The van der Waals surface area contributed by atoms with Crippen LogP contribution in [0.2, 0.25) is 0 Å². The van der Waals surface area contributed by atoms with E-state index in [1.165, 1.54) is 6.08 Å². The Hall–Kier alpha value is -1.04. The van der Waals surface area contributed by atoms with E-state index in [0.717, 1.165) is 0 Å². The quantitative estimate of drug-likeness (QED) is 0.540. The van der Waals surface area contributed by atoms with Crippen molar-refractivity contribution in [2.75, 3.05) is 6.61 Å². The molecule has 0 radical (unpaired) electrons. The average molecular weight is 197 g/mol. The van der Waals surface area contributed by atoms with Crippen molar-refractivity contribution in [2.45, 2.75) is 18.6 Å². The van der Waals surface area contributed by atoms with Crippen LogP contribution in [-0.2, 0) is 9.53 Å². The molecule has 0 aliphatic heterocycles. The van der Waals surface area contributed by atoms with Gasteiger partial charge in [0.2, 0.25) is 0 Å². The highest BCUT2D eigenvalue weighted by Crippen LogP contribution is 2.20. The maximum Gasteiger partial charge on any atom is 0.391 e. The molecule has 0 fully saturated rings. The standard InChI is InChI=1S/C7H10F3NO2/c1-2-3-13-6(12)5(11)4-7(8,9)10/h2,5H,1,3-4,11H2/t5-/m0/s1. The van der Waals surface area contributed by atoms with Crippen molar-refractivity contribution in [2.24, 2.45) is 5.73 Å². The molecule has 0 rings (SSSR count). The van der Waals surface area contributed by atoms with Gasteiger partial charge >= 0.3 is 12.1 Å². The van der Waals surface area contributed by atoms with Crippen LogP contribution in [0.4, 0.5) is 13.2 Å². The van der Waals surface area contributed by atoms with E-state index in [1.807, 2.05) is 0 Å². The summed E-state index contributed by atoms with van der Waals surface area (Å²) < 4.78 is 39.4. The minimum atomic E-state index is -4.45. The topological polar surface area (TPSA) is 52.3 Å². The second kappa shape index (κ2) is 4.86. The third-order valence-electron chi connectivity index (χ3n) is 1.10. The predicted octanol–water partition coefficient (Wildman–Crippen LogP) is 0.995. The highest BCUT2D eigenvalue weighted by molar-refractivity contribution is 5.75. The predicted molar refractivity (Wildman–Crippen MR) is 39.8 cm³/mol. The first kappa shape index (κ1) is 12.0. The van der Waals surface area contributed by atoms with Gasteiger partial charge < -0.3 is 10.5 Å². The number of hydrogen-bond acceptors (Lipinski definition) is 3. The summed E-state index contributed by atoms with van der Waals surface area (Å²) in [6.45, 7) is 3.09. The normalized spacial score (nSPS) is 13.5. The first-order valence-corrected chi connectivity index (χ1v) is 3.46. The van der Waals surface area contributed by atoms with Gasteiger partial charge in [0.1, 0.15) is 12.6 Å². The number of hydrogen-bond donors (Lipinski definition) is 1. The van der Waals surface area contributed by atoms with Crippen molar-refractivity contribution >= 4 is 5.97 Å². The van der Waals surface area contributed by atoms with E-state index in [0.29, 0.717) is 0 Å². The number of ether oxygens (including phenoxy) is 1. The molecule has 1 atom stereocenters. The van der Waals surface area contributed by atoms with Crippen molar-refractivity contribution in [3.8, 4) is 0 Å². The van der Waals surface area contributed by atoms with E-state index in [4.69, 9.17) is 5.73 Å². The molecular weight excluding hydrogens is 187 g/mol. The Labute approximate surface area is 73.4 Å². The molecule has 0 aliphatic rings. The Morgan fingerprint density at radius 2 is 2.15 bits per heavy atom. The molecule has 0 bridgehead atoms. The van der Waals surface area contributed by atoms with Crippen molar-refractivity contribution in [3.63, 3.8) is 0 Å². The highest BCUT2D eigenvalue weighted by atomic mass is 19.4. The summed E-state index contributed by atoms with van der Waals surface area (Å²) in [7, 11) is 0. The molecule has 6 heteroatoms. The zero-order valence-corrected chi connectivity index (χ0v) is 6.80. The molecule has 76 valence electrons. The van der Waals surface area contributed by atoms with E-state index < -0.39 is 24.6 Å². The minimum absolute atomic E-state index is 0.135. The Bertz CT molecular complexity index is 191. The number of carbonyl (C=O) groups excluding carboxylic acids is 1. The summed E-state index contributed by atoms with van der Waals surface area (Å²) >= 11 is 0. The van der Waals surface area contributed by atoms with Gasteiger partial charge in [-0.05, 0) is 0 Å². The van der Waals surface area contributed by atoms with Crippen molar-refractivity contribution in [1.82, 2.24) is 0 Å². The molecule has 0 aromatic heterocycles. The number of carbonyl (C=O) groups is 1. The van der Waals surface area contributed by atoms with Gasteiger partial charge in [0, 0.05) is 0 Å². The van der Waals surface area contributed by atoms with Crippen LogP contribution in [0.5, 0.6) is 0 Å². The van der Waals surface area contributed by atoms with E-state index in [2.05, 4.69) is 11.3 Å². The molecule has 0 heterocycles. The lowest BCUT2D eigenvalue weighted by atomic mass is 10.2. The molecule has 0 unspecified atom stereocenters. The SMILES string of the molecule is C=CCOC(=O)[C@@H](N)CC(F)(F)F. The lowest BCUT2D eigenvalue weighted by Gasteiger charge is -2.12. The lowest BCUT2D eigenvalue weighted by molar-refractivity contribution is -0.159. The molecule has 0 saturated heterocycles. The summed E-state index contributed by atoms with van der Waals surface area (Å²) in [5.41, 5.74) is 4.92. The van der Waals surface area contributed by atoms with Gasteiger partial charge in [0.25, 0.3) is 0 Å². The lowest BCUT2D eigenvalue weighted by Crippen LogP contribution is -2.36. The smallest absolute Gasteiger partial charge is 0.391 e. The molecule has 3 nitrogen and oxygen atoms in total. The molecule has 0 aliphatic carbocycles. The monoisotopic (exact) mass is 197 g/mol. The van der Waals surface area contributed by atoms with Crippen molar-refractivity contribution in [1.29, 1.82) is 0 Å². The number of esters is 1. The fourth-order valence-corrected chi connectivity index (χ4v) is 0.581. The number of nitrogens with two attached hydrogens (primary N) is 1. The zero-order chi connectivity index (χ0) is 10.5. The first-order chi connectivity index (χ1) is 5.87. The van der Waals surface area contributed by atoms with Gasteiger partial charge in [0.05, 0.1) is 6.42 Å². The number of rotatable bonds is 4. The Morgan fingerprint density at radius 3 is 2.54 bits per heavy atom. The molecule has 0 aromatic rings. The zero-order valence-electron chi connectivity index (χ0n) is 6.80. The summed E-state index contributed by atoms with van der Waals surface area (Å²) in [6, 6.07) is -1.65. The third-order valence-corrected chi connectivity index (χ3v) is 1.10. The maximum atomic E-state index is 11.7. The molecule has 2 N–H and O–H groups in total. The van der Waals surface area contributed by atoms with Gasteiger partial charge in [-0.15, -0.1) is 0 Å². The summed E-state index contributed by atoms with van der Waals surface area (Å²) in [4.78, 5) is 10.7. The van der Waals surface area contributed by atoms with Crippen LogP contribution in [0.25, 0.3) is 0 Å². The van der Waals surface area contributed by atoms with E-state index in [1.54, 1.807) is 0 Å². The Morgan fingerprint density at radius 1 is 1.62 bits per heavy atom. The maximum absolute atomic E-state index is 11.7. The van der Waals surface area contributed by atoms with Crippen LogP contribution in [0.1, 0.15) is 6.42 Å². The van der Waals surface area contributed by atoms with Gasteiger partial charge in [-0.3, -0.25) is 4.79 Å². The first-order valence-electron chi connectivity index (χ1n) is 3.46. The van der Waals surface area contributed by atoms with Crippen LogP contribution < -0.4 is 5.73 Å². The highest BCUT2D eigenvalue weighted by Gasteiger charge is 2.33. The average Bonchev–Trinajstić information content (AvgIpc) is 1.96. The van der Waals surface area contributed by atoms with E-state index >= 15 is 0 Å². The van der Waals surface area contributed by atoms with Gasteiger partial charge in [-0.25, -0.2) is 0 Å².